The fourth-order valence-electron chi connectivity index (χ4n) is 3.10. The van der Waals surface area contributed by atoms with Gasteiger partial charge in [-0.2, -0.15) is 0 Å². The second-order valence-corrected chi connectivity index (χ2v) is 7.73. The van der Waals surface area contributed by atoms with Crippen molar-refractivity contribution in [3.05, 3.63) is 71.3 Å². The van der Waals surface area contributed by atoms with Gasteiger partial charge in [-0.15, -0.1) is 0 Å². The third-order valence-electron chi connectivity index (χ3n) is 4.22. The molecule has 0 heterocycles. The largest absolute Gasteiger partial charge is 0.480 e. The van der Waals surface area contributed by atoms with Gasteiger partial charge in [0, 0.05) is 24.2 Å². The molecule has 0 saturated heterocycles. The van der Waals surface area contributed by atoms with Gasteiger partial charge in [-0.3, -0.25) is 29.0 Å². The molecular weight excluding hydrogens is 456 g/mol. The van der Waals surface area contributed by atoms with E-state index in [9.17, 15) is 19.2 Å². The first-order chi connectivity index (χ1) is 16.4. The Morgan fingerprint density at radius 1 is 0.771 bits per heavy atom. The van der Waals surface area contributed by atoms with Crippen LogP contribution in [0.5, 0.6) is 0 Å². The van der Waals surface area contributed by atoms with Crippen LogP contribution in [0.3, 0.4) is 0 Å². The summed E-state index contributed by atoms with van der Waals surface area (Å²) < 4.78 is 0. The Morgan fingerprint density at radius 3 is 1.69 bits per heavy atom. The van der Waals surface area contributed by atoms with Gasteiger partial charge in [0.15, 0.2) is 0 Å². The molecule has 0 fully saturated rings. The molecule has 35 heavy (non-hydrogen) atoms. The number of nitrogens with zero attached hydrogens (tertiary/aromatic N) is 2. The number of allylic oxidation sites excluding steroid dienone is 2. The van der Waals surface area contributed by atoms with E-state index in [4.69, 9.17) is 20.4 Å². The highest BCUT2D eigenvalue weighted by Gasteiger charge is 2.15. The predicted molar refractivity (Wildman–Crippen MR) is 128 cm³/mol. The summed E-state index contributed by atoms with van der Waals surface area (Å²) in [5, 5.41) is 36.1. The minimum atomic E-state index is -1.18. The standard InChI is InChI=1S/C25H28N2O8/c1-18(12-26(14-22(28)29)15-23(30)31)10-21(9-8-20-6-4-3-5-7-20)11-19(2)13-27(16-24(32)33)17-25(34)35/h3-7,10-11H,1,12-17H2,2H3,(H,28,29)(H,30,31)(H,32,33)(H,34,35)/b19-11+,21-10-. The summed E-state index contributed by atoms with van der Waals surface area (Å²) in [4.78, 5) is 46.7. The van der Waals surface area contributed by atoms with Crippen LogP contribution in [-0.4, -0.2) is 93.4 Å². The van der Waals surface area contributed by atoms with Crippen LogP contribution in [0.4, 0.5) is 0 Å². The summed E-state index contributed by atoms with van der Waals surface area (Å²) in [6.45, 7) is 3.70. The number of rotatable bonds is 14. The average Bonchev–Trinajstić information content (AvgIpc) is 2.70. The number of hydrogen-bond donors (Lipinski definition) is 4. The van der Waals surface area contributed by atoms with E-state index in [1.807, 2.05) is 18.2 Å². The zero-order valence-corrected chi connectivity index (χ0v) is 19.3. The highest BCUT2D eigenvalue weighted by Crippen LogP contribution is 2.10. The molecule has 4 N–H and O–H groups in total. The molecule has 0 bridgehead atoms. The molecule has 186 valence electrons. The lowest BCUT2D eigenvalue weighted by Crippen LogP contribution is -2.35. The monoisotopic (exact) mass is 484 g/mol. The van der Waals surface area contributed by atoms with Gasteiger partial charge in [0.25, 0.3) is 0 Å². The zero-order chi connectivity index (χ0) is 26.4. The Hall–Kier alpha value is -4.20. The van der Waals surface area contributed by atoms with E-state index in [-0.39, 0.29) is 13.1 Å². The molecular formula is C25H28N2O8. The Kier molecular flexibility index (Phi) is 12.2. The number of aliphatic carboxylic acids is 4. The van der Waals surface area contributed by atoms with Crippen LogP contribution >= 0.6 is 0 Å². The first-order valence-electron chi connectivity index (χ1n) is 10.4. The van der Waals surface area contributed by atoms with Crippen molar-refractivity contribution >= 4 is 23.9 Å². The summed E-state index contributed by atoms with van der Waals surface area (Å²) in [5.41, 5.74) is 2.21. The maximum absolute atomic E-state index is 11.1. The first-order valence-corrected chi connectivity index (χ1v) is 10.4. The van der Waals surface area contributed by atoms with Gasteiger partial charge < -0.3 is 20.4 Å². The zero-order valence-electron chi connectivity index (χ0n) is 19.3. The number of carbonyl (C=O) groups is 4. The van der Waals surface area contributed by atoms with Crippen LogP contribution in [0, 0.1) is 11.8 Å². The van der Waals surface area contributed by atoms with Crippen LogP contribution < -0.4 is 0 Å². The number of carboxylic acid groups (broad SMARTS) is 4. The summed E-state index contributed by atoms with van der Waals surface area (Å²) in [6, 6.07) is 9.09. The van der Waals surface area contributed by atoms with Crippen molar-refractivity contribution in [2.24, 2.45) is 0 Å². The van der Waals surface area contributed by atoms with E-state index in [1.165, 1.54) is 9.80 Å². The van der Waals surface area contributed by atoms with E-state index in [1.54, 1.807) is 31.2 Å². The first kappa shape index (κ1) is 28.8. The van der Waals surface area contributed by atoms with Crippen molar-refractivity contribution in [3.63, 3.8) is 0 Å². The molecule has 0 saturated carbocycles. The van der Waals surface area contributed by atoms with E-state index in [2.05, 4.69) is 18.4 Å². The quantitative estimate of drug-likeness (QED) is 0.225. The second kappa shape index (κ2) is 14.8. The molecule has 0 aromatic heterocycles. The molecule has 10 heteroatoms. The molecule has 0 radical (unpaired) electrons. The lowest BCUT2D eigenvalue weighted by molar-refractivity contribution is -0.143. The maximum Gasteiger partial charge on any atom is 0.317 e. The van der Waals surface area contributed by atoms with Gasteiger partial charge in [0.05, 0.1) is 26.2 Å². The molecule has 0 aliphatic heterocycles. The summed E-state index contributed by atoms with van der Waals surface area (Å²) in [6.07, 6.45) is 3.23. The highest BCUT2D eigenvalue weighted by molar-refractivity contribution is 5.73. The third-order valence-corrected chi connectivity index (χ3v) is 4.22. The molecule has 0 atom stereocenters. The van der Waals surface area contributed by atoms with Crippen molar-refractivity contribution in [2.45, 2.75) is 6.92 Å². The van der Waals surface area contributed by atoms with E-state index in [0.717, 1.165) is 5.56 Å². The van der Waals surface area contributed by atoms with E-state index in [0.29, 0.717) is 16.7 Å². The fourth-order valence-corrected chi connectivity index (χ4v) is 3.10. The number of carboxylic acids is 4. The van der Waals surface area contributed by atoms with Crippen molar-refractivity contribution in [1.82, 2.24) is 9.80 Å². The van der Waals surface area contributed by atoms with E-state index < -0.39 is 50.1 Å². The minimum Gasteiger partial charge on any atom is -0.480 e. The highest BCUT2D eigenvalue weighted by atomic mass is 16.4. The molecule has 0 spiro atoms. The Balaban J connectivity index is 3.23. The summed E-state index contributed by atoms with van der Waals surface area (Å²) in [7, 11) is 0. The Labute approximate surface area is 203 Å². The van der Waals surface area contributed by atoms with Gasteiger partial charge in [-0.25, -0.2) is 0 Å². The van der Waals surface area contributed by atoms with Crippen molar-refractivity contribution in [3.8, 4) is 11.8 Å². The molecule has 10 nitrogen and oxygen atoms in total. The number of benzene rings is 1. The van der Waals surface area contributed by atoms with Crippen molar-refractivity contribution in [2.75, 3.05) is 39.3 Å². The van der Waals surface area contributed by atoms with Gasteiger partial charge >= 0.3 is 23.9 Å². The topological polar surface area (TPSA) is 156 Å². The number of hydrogen-bond acceptors (Lipinski definition) is 6. The van der Waals surface area contributed by atoms with Crippen LogP contribution in [-0.2, 0) is 19.2 Å². The summed E-state index contributed by atoms with van der Waals surface area (Å²) >= 11 is 0. The summed E-state index contributed by atoms with van der Waals surface area (Å²) in [5.74, 6) is 1.27. The second-order valence-electron chi connectivity index (χ2n) is 7.73. The maximum atomic E-state index is 11.1. The Morgan fingerprint density at radius 2 is 1.23 bits per heavy atom. The molecule has 0 amide bonds. The van der Waals surface area contributed by atoms with Crippen LogP contribution in [0.15, 0.2) is 65.8 Å². The van der Waals surface area contributed by atoms with Crippen LogP contribution in [0.1, 0.15) is 12.5 Å². The molecule has 1 aromatic rings. The van der Waals surface area contributed by atoms with Crippen LogP contribution in [0.2, 0.25) is 0 Å². The van der Waals surface area contributed by atoms with Gasteiger partial charge in [0.2, 0.25) is 0 Å². The predicted octanol–water partition coefficient (Wildman–Crippen LogP) is 1.41. The third kappa shape index (κ3) is 13.8. The normalized spacial score (nSPS) is 11.6. The van der Waals surface area contributed by atoms with Gasteiger partial charge in [0.1, 0.15) is 0 Å². The minimum absolute atomic E-state index is 0.0356. The lowest BCUT2D eigenvalue weighted by atomic mass is 10.1. The van der Waals surface area contributed by atoms with Crippen LogP contribution in [0.25, 0.3) is 0 Å². The molecule has 1 aromatic carbocycles. The van der Waals surface area contributed by atoms with Gasteiger partial charge in [-0.05, 0) is 36.8 Å². The van der Waals surface area contributed by atoms with Crippen molar-refractivity contribution in [1.29, 1.82) is 0 Å². The van der Waals surface area contributed by atoms with Crippen molar-refractivity contribution < 1.29 is 39.6 Å². The molecule has 0 unspecified atom stereocenters. The molecule has 1 rings (SSSR count). The van der Waals surface area contributed by atoms with E-state index >= 15 is 0 Å². The molecule has 0 aliphatic rings. The molecule has 0 aliphatic carbocycles. The SMILES string of the molecule is C=C(/C=C(C#Cc1ccccc1)\C=C(/C)CN(CC(=O)O)CC(=O)O)CN(CC(=O)O)CC(=O)O. The van der Waals surface area contributed by atoms with Gasteiger partial charge in [-0.1, -0.05) is 42.2 Å². The lowest BCUT2D eigenvalue weighted by Gasteiger charge is -2.19. The fraction of sp³-hybridized carbons (Fsp3) is 0.280. The average molecular weight is 485 g/mol. The Bertz CT molecular complexity index is 1030. The smallest absolute Gasteiger partial charge is 0.317 e.